The number of thiophene rings is 1. The third kappa shape index (κ3) is 3.19. The molecule has 0 aliphatic rings. The predicted octanol–water partition coefficient (Wildman–Crippen LogP) is 6.00. The fourth-order valence-electron chi connectivity index (χ4n) is 2.30. The van der Waals surface area contributed by atoms with Gasteiger partial charge in [-0.2, -0.15) is 0 Å². The molecule has 1 unspecified atom stereocenters. The molecule has 0 aliphatic carbocycles. The lowest BCUT2D eigenvalue weighted by molar-refractivity contribution is 0.473. The third-order valence-corrected chi connectivity index (χ3v) is 5.26. The second-order valence-electron chi connectivity index (χ2n) is 4.84. The van der Waals surface area contributed by atoms with Gasteiger partial charge < -0.3 is 9.73 Å². The highest BCUT2D eigenvalue weighted by atomic mass is 79.9. The van der Waals surface area contributed by atoms with E-state index in [1.165, 1.54) is 4.88 Å². The number of fused-ring (bicyclic) bond motifs is 1. The van der Waals surface area contributed by atoms with Gasteiger partial charge in [-0.25, -0.2) is 0 Å². The van der Waals surface area contributed by atoms with Crippen LogP contribution in [0.4, 0.5) is 0 Å². The second-order valence-corrected chi connectivity index (χ2v) is 7.74. The standard InChI is InChI=1S/C16H15BrClNOS/c1-2-8-19-15(13-6-7-14(17)21-13)12-9-10-4-3-5-11(18)16(10)20-12/h3-7,9,15,19H,2,8H2,1H3. The Labute approximate surface area is 141 Å². The van der Waals surface area contributed by atoms with E-state index in [9.17, 15) is 0 Å². The minimum absolute atomic E-state index is 0.0599. The number of benzene rings is 1. The normalized spacial score (nSPS) is 12.9. The van der Waals surface area contributed by atoms with E-state index in [1.54, 1.807) is 11.3 Å². The zero-order chi connectivity index (χ0) is 14.8. The van der Waals surface area contributed by atoms with E-state index in [4.69, 9.17) is 16.0 Å². The predicted molar refractivity (Wildman–Crippen MR) is 93.4 cm³/mol. The van der Waals surface area contributed by atoms with Crippen LogP contribution in [0.2, 0.25) is 5.02 Å². The van der Waals surface area contributed by atoms with Crippen LogP contribution in [0.5, 0.6) is 0 Å². The average Bonchev–Trinajstić information content (AvgIpc) is 3.07. The van der Waals surface area contributed by atoms with Crippen LogP contribution in [0, 0.1) is 0 Å². The highest BCUT2D eigenvalue weighted by Gasteiger charge is 2.20. The van der Waals surface area contributed by atoms with Crippen molar-refractivity contribution in [1.29, 1.82) is 0 Å². The lowest BCUT2D eigenvalue weighted by Gasteiger charge is -2.14. The molecule has 1 N–H and O–H groups in total. The summed E-state index contributed by atoms with van der Waals surface area (Å²) in [6, 6.07) is 12.1. The fourth-order valence-corrected chi connectivity index (χ4v) is 4.03. The number of furan rings is 1. The first-order chi connectivity index (χ1) is 10.2. The fraction of sp³-hybridized carbons (Fsp3) is 0.250. The number of hydrogen-bond acceptors (Lipinski definition) is 3. The Morgan fingerprint density at radius 3 is 2.86 bits per heavy atom. The summed E-state index contributed by atoms with van der Waals surface area (Å²) in [7, 11) is 0. The summed E-state index contributed by atoms with van der Waals surface area (Å²) in [6.07, 6.45) is 1.07. The maximum absolute atomic E-state index is 6.21. The lowest BCUT2D eigenvalue weighted by atomic mass is 10.1. The second kappa shape index (κ2) is 6.53. The van der Waals surface area contributed by atoms with Crippen molar-refractivity contribution < 1.29 is 4.42 Å². The number of halogens is 2. The van der Waals surface area contributed by atoms with Gasteiger partial charge in [0.15, 0.2) is 5.58 Å². The monoisotopic (exact) mass is 383 g/mol. The van der Waals surface area contributed by atoms with Crippen LogP contribution in [0.3, 0.4) is 0 Å². The molecule has 0 radical (unpaired) electrons. The molecular weight excluding hydrogens is 370 g/mol. The molecule has 21 heavy (non-hydrogen) atoms. The van der Waals surface area contributed by atoms with Crippen molar-refractivity contribution in [3.8, 4) is 0 Å². The quantitative estimate of drug-likeness (QED) is 0.583. The first kappa shape index (κ1) is 15.1. The highest BCUT2D eigenvalue weighted by Crippen LogP contribution is 2.35. The van der Waals surface area contributed by atoms with Crippen LogP contribution in [0.1, 0.15) is 30.0 Å². The summed E-state index contributed by atoms with van der Waals surface area (Å²) >= 11 is 11.5. The summed E-state index contributed by atoms with van der Waals surface area (Å²) in [5.74, 6) is 0.904. The van der Waals surface area contributed by atoms with Gasteiger partial charge in [0, 0.05) is 10.3 Å². The highest BCUT2D eigenvalue weighted by molar-refractivity contribution is 9.11. The van der Waals surface area contributed by atoms with Crippen LogP contribution in [0.25, 0.3) is 11.0 Å². The molecule has 5 heteroatoms. The van der Waals surface area contributed by atoms with E-state index in [2.05, 4.69) is 46.4 Å². The van der Waals surface area contributed by atoms with Crippen molar-refractivity contribution >= 4 is 49.8 Å². The molecule has 3 rings (SSSR count). The zero-order valence-corrected chi connectivity index (χ0v) is 14.7. The molecule has 110 valence electrons. The maximum Gasteiger partial charge on any atom is 0.152 e. The first-order valence-electron chi connectivity index (χ1n) is 6.85. The smallest absolute Gasteiger partial charge is 0.152 e. The number of rotatable bonds is 5. The molecule has 0 aliphatic heterocycles. The number of para-hydroxylation sites is 1. The molecule has 1 atom stereocenters. The van der Waals surface area contributed by atoms with Crippen molar-refractivity contribution in [1.82, 2.24) is 5.32 Å². The van der Waals surface area contributed by atoms with Crippen LogP contribution in [0.15, 0.2) is 44.6 Å². The van der Waals surface area contributed by atoms with Crippen molar-refractivity contribution in [2.75, 3.05) is 6.54 Å². The minimum atomic E-state index is 0.0599. The van der Waals surface area contributed by atoms with Gasteiger partial charge in [-0.05, 0) is 53.2 Å². The molecule has 0 saturated heterocycles. The summed E-state index contributed by atoms with van der Waals surface area (Å²) in [5, 5.41) is 5.24. The van der Waals surface area contributed by atoms with Crippen molar-refractivity contribution in [2.24, 2.45) is 0 Å². The topological polar surface area (TPSA) is 25.2 Å². The Morgan fingerprint density at radius 2 is 2.19 bits per heavy atom. The summed E-state index contributed by atoms with van der Waals surface area (Å²) < 4.78 is 7.14. The molecule has 1 aromatic carbocycles. The molecule has 2 heterocycles. The average molecular weight is 385 g/mol. The largest absolute Gasteiger partial charge is 0.457 e. The lowest BCUT2D eigenvalue weighted by Crippen LogP contribution is -2.21. The van der Waals surface area contributed by atoms with Crippen LogP contribution in [-0.4, -0.2) is 6.54 Å². The van der Waals surface area contributed by atoms with Crippen LogP contribution in [-0.2, 0) is 0 Å². The van der Waals surface area contributed by atoms with Gasteiger partial charge in [-0.1, -0.05) is 30.7 Å². The zero-order valence-electron chi connectivity index (χ0n) is 11.5. The Hall–Kier alpha value is -0.810. The van der Waals surface area contributed by atoms with E-state index in [1.807, 2.05) is 18.2 Å². The Kier molecular flexibility index (Phi) is 4.69. The molecule has 0 saturated carbocycles. The van der Waals surface area contributed by atoms with Gasteiger partial charge >= 0.3 is 0 Å². The molecule has 2 nitrogen and oxygen atoms in total. The van der Waals surface area contributed by atoms with Gasteiger partial charge in [0.25, 0.3) is 0 Å². The molecule has 0 bridgehead atoms. The van der Waals surface area contributed by atoms with E-state index in [0.717, 1.165) is 33.5 Å². The maximum atomic E-state index is 6.21. The van der Waals surface area contributed by atoms with Gasteiger partial charge in [-0.15, -0.1) is 11.3 Å². The van der Waals surface area contributed by atoms with Gasteiger partial charge in [0.2, 0.25) is 0 Å². The molecule has 0 amide bonds. The van der Waals surface area contributed by atoms with Crippen LogP contribution < -0.4 is 5.32 Å². The van der Waals surface area contributed by atoms with E-state index < -0.39 is 0 Å². The molecule has 3 aromatic rings. The Balaban J connectivity index is 2.03. The Morgan fingerprint density at radius 1 is 1.33 bits per heavy atom. The molecule has 2 aromatic heterocycles. The van der Waals surface area contributed by atoms with E-state index in [-0.39, 0.29) is 6.04 Å². The number of nitrogens with one attached hydrogen (secondary N) is 1. The van der Waals surface area contributed by atoms with Gasteiger partial charge in [0.1, 0.15) is 11.8 Å². The van der Waals surface area contributed by atoms with Crippen molar-refractivity contribution in [2.45, 2.75) is 19.4 Å². The minimum Gasteiger partial charge on any atom is -0.457 e. The molecule has 0 spiro atoms. The first-order valence-corrected chi connectivity index (χ1v) is 8.84. The third-order valence-electron chi connectivity index (χ3n) is 3.28. The summed E-state index contributed by atoms with van der Waals surface area (Å²) in [5.41, 5.74) is 0.757. The van der Waals surface area contributed by atoms with Gasteiger partial charge in [0.05, 0.1) is 8.81 Å². The summed E-state index contributed by atoms with van der Waals surface area (Å²) in [6.45, 7) is 3.09. The number of hydrogen-bond donors (Lipinski definition) is 1. The summed E-state index contributed by atoms with van der Waals surface area (Å²) in [4.78, 5) is 1.23. The Bertz CT molecular complexity index is 752. The SMILES string of the molecule is CCCNC(c1cc2cccc(Cl)c2o1)c1ccc(Br)s1. The van der Waals surface area contributed by atoms with E-state index >= 15 is 0 Å². The van der Waals surface area contributed by atoms with Crippen LogP contribution >= 0.6 is 38.9 Å². The van der Waals surface area contributed by atoms with E-state index in [0.29, 0.717) is 5.02 Å². The molecule has 0 fully saturated rings. The molecular formula is C16H15BrClNOS. The van der Waals surface area contributed by atoms with Crippen molar-refractivity contribution in [3.05, 3.63) is 55.8 Å². The van der Waals surface area contributed by atoms with Crippen molar-refractivity contribution in [3.63, 3.8) is 0 Å². The van der Waals surface area contributed by atoms with Gasteiger partial charge in [-0.3, -0.25) is 0 Å².